The van der Waals surface area contributed by atoms with Crippen molar-refractivity contribution < 1.29 is 29.1 Å². The Morgan fingerprint density at radius 3 is 1.00 bits per heavy atom. The molecule has 8 heteroatoms. The maximum Gasteiger partial charge on any atom is 0.200 e. The van der Waals surface area contributed by atoms with Crippen LogP contribution in [0.3, 0.4) is 0 Å². The molecule has 0 aromatic carbocycles. The fraction of sp³-hybridized carbons (Fsp3) is 1.00. The smallest absolute Gasteiger partial charge is 0.200 e. The van der Waals surface area contributed by atoms with Crippen molar-refractivity contribution in [3.8, 4) is 0 Å². The van der Waals surface area contributed by atoms with Gasteiger partial charge in [-0.1, -0.05) is 27.7 Å². The summed E-state index contributed by atoms with van der Waals surface area (Å²) < 4.78 is 21.0. The molecule has 0 saturated carbocycles. The molecule has 0 saturated heterocycles. The van der Waals surface area contributed by atoms with Gasteiger partial charge < -0.3 is 20.0 Å². The van der Waals surface area contributed by atoms with Crippen LogP contribution >= 0.6 is 14.7 Å². The third kappa shape index (κ3) is 23.8. The number of hydrogen-bond acceptors (Lipinski definition) is 4. The van der Waals surface area contributed by atoms with Crippen molar-refractivity contribution in [2.45, 2.75) is 40.7 Å². The number of hydrogen-bond donors (Lipinski definition) is 4. The highest BCUT2D eigenvalue weighted by Crippen LogP contribution is 2.38. The Kier molecular flexibility index (Phi) is 17.0. The molecule has 0 rings (SSSR count). The van der Waals surface area contributed by atoms with Gasteiger partial charge in [-0.05, 0) is 6.92 Å². The van der Waals surface area contributed by atoms with Crippen LogP contribution in [0.4, 0.5) is 0 Å². The molecule has 120 valence electrons. The van der Waals surface area contributed by atoms with Crippen LogP contribution in [-0.4, -0.2) is 57.4 Å². The minimum atomic E-state index is -2.65. The van der Waals surface area contributed by atoms with E-state index in [1.807, 2.05) is 0 Å². The SMILES string of the molecule is CC(O)CO.CCP(=O)(O)CC.CCP(=O)(O)CC. The quantitative estimate of drug-likeness (QED) is 0.576. The topological polar surface area (TPSA) is 115 Å². The van der Waals surface area contributed by atoms with Crippen LogP contribution in [0.5, 0.6) is 0 Å². The molecule has 0 aliphatic rings. The van der Waals surface area contributed by atoms with E-state index in [2.05, 4.69) is 0 Å². The normalized spacial score (nSPS) is 12.7. The van der Waals surface area contributed by atoms with E-state index < -0.39 is 20.8 Å². The molecule has 6 nitrogen and oxygen atoms in total. The highest BCUT2D eigenvalue weighted by molar-refractivity contribution is 7.58. The van der Waals surface area contributed by atoms with Crippen LogP contribution in [0.2, 0.25) is 0 Å². The molecule has 0 fully saturated rings. The van der Waals surface area contributed by atoms with Crippen LogP contribution in [-0.2, 0) is 9.13 Å². The van der Waals surface area contributed by atoms with E-state index >= 15 is 0 Å². The summed E-state index contributed by atoms with van der Waals surface area (Å²) in [6.07, 6.45) is 1.06. The van der Waals surface area contributed by atoms with E-state index in [1.54, 1.807) is 27.7 Å². The van der Waals surface area contributed by atoms with E-state index in [-0.39, 0.29) is 6.61 Å². The lowest BCUT2D eigenvalue weighted by molar-refractivity contribution is 0.110. The van der Waals surface area contributed by atoms with Gasteiger partial charge >= 0.3 is 0 Å². The van der Waals surface area contributed by atoms with E-state index in [1.165, 1.54) is 6.92 Å². The number of rotatable bonds is 5. The lowest BCUT2D eigenvalue weighted by Gasteiger charge is -2.01. The van der Waals surface area contributed by atoms with E-state index in [4.69, 9.17) is 20.0 Å². The molecule has 0 aromatic rings. The van der Waals surface area contributed by atoms with Crippen LogP contribution in [0.15, 0.2) is 0 Å². The Bertz CT molecular complexity index is 240. The Labute approximate surface area is 116 Å². The van der Waals surface area contributed by atoms with Crippen molar-refractivity contribution in [3.05, 3.63) is 0 Å². The molecule has 0 spiro atoms. The molecule has 0 aromatic heterocycles. The molecule has 19 heavy (non-hydrogen) atoms. The largest absolute Gasteiger partial charge is 0.394 e. The number of aliphatic hydroxyl groups excluding tert-OH is 2. The van der Waals surface area contributed by atoms with Gasteiger partial charge in [-0.15, -0.1) is 0 Å². The highest BCUT2D eigenvalue weighted by atomic mass is 31.2. The zero-order valence-electron chi connectivity index (χ0n) is 12.6. The summed E-state index contributed by atoms with van der Waals surface area (Å²) in [4.78, 5) is 17.4. The lowest BCUT2D eigenvalue weighted by Crippen LogP contribution is -2.03. The fourth-order valence-electron chi connectivity index (χ4n) is 0.447. The van der Waals surface area contributed by atoms with Crippen molar-refractivity contribution in [2.75, 3.05) is 31.3 Å². The van der Waals surface area contributed by atoms with Crippen molar-refractivity contribution >= 4 is 14.7 Å². The summed E-state index contributed by atoms with van der Waals surface area (Å²) in [5.74, 6) is 0. The molecule has 0 aliphatic heterocycles. The van der Waals surface area contributed by atoms with Gasteiger partial charge in [0, 0.05) is 24.6 Å². The second-order valence-corrected chi connectivity index (χ2v) is 9.90. The Balaban J connectivity index is -0.000000206. The first-order valence-corrected chi connectivity index (χ1v) is 10.5. The second kappa shape index (κ2) is 13.3. The third-order valence-corrected chi connectivity index (χ3v) is 6.19. The summed E-state index contributed by atoms with van der Waals surface area (Å²) >= 11 is 0. The first kappa shape index (κ1) is 24.3. The van der Waals surface area contributed by atoms with E-state index in [9.17, 15) is 9.13 Å². The van der Waals surface area contributed by atoms with Crippen molar-refractivity contribution in [2.24, 2.45) is 0 Å². The van der Waals surface area contributed by atoms with Crippen LogP contribution < -0.4 is 0 Å². The Morgan fingerprint density at radius 2 is 1.00 bits per heavy atom. The van der Waals surface area contributed by atoms with Gasteiger partial charge in [-0.25, -0.2) is 0 Å². The van der Waals surface area contributed by atoms with Crippen molar-refractivity contribution in [1.29, 1.82) is 0 Å². The molecule has 0 radical (unpaired) electrons. The summed E-state index contributed by atoms with van der Waals surface area (Å²) in [6, 6.07) is 0. The molecule has 0 aliphatic carbocycles. The maximum atomic E-state index is 10.5. The Hall–Kier alpha value is 0.300. The standard InChI is InChI=1S/2C4H11O2P.C3H8O2/c2*1-3-7(5,6)4-2;1-3(5)2-4/h2*3-4H2,1-2H3,(H,5,6);3-5H,2H2,1H3. The predicted octanol–water partition coefficient (Wildman–Crippen LogP) is 1.95. The zero-order chi connectivity index (χ0) is 16.1. The van der Waals surface area contributed by atoms with Crippen molar-refractivity contribution in [3.63, 3.8) is 0 Å². The summed E-state index contributed by atoms with van der Waals surface area (Å²) in [5, 5.41) is 16.0. The van der Waals surface area contributed by atoms with Gasteiger partial charge in [0.05, 0.1) is 12.7 Å². The molecule has 1 unspecified atom stereocenters. The van der Waals surface area contributed by atoms with Gasteiger partial charge in [0.25, 0.3) is 0 Å². The van der Waals surface area contributed by atoms with Gasteiger partial charge in [-0.3, -0.25) is 9.13 Å². The van der Waals surface area contributed by atoms with Gasteiger partial charge in [-0.2, -0.15) is 0 Å². The van der Waals surface area contributed by atoms with Crippen LogP contribution in [0.25, 0.3) is 0 Å². The van der Waals surface area contributed by atoms with Gasteiger partial charge in [0.2, 0.25) is 0 Å². The predicted molar refractivity (Wildman–Crippen MR) is 80.6 cm³/mol. The average molecular weight is 320 g/mol. The minimum Gasteiger partial charge on any atom is -0.394 e. The van der Waals surface area contributed by atoms with Gasteiger partial charge in [0.1, 0.15) is 0 Å². The highest BCUT2D eigenvalue weighted by Gasteiger charge is 2.09. The summed E-state index contributed by atoms with van der Waals surface area (Å²) in [6.45, 7) is 8.29. The van der Waals surface area contributed by atoms with E-state index in [0.717, 1.165) is 0 Å². The maximum absolute atomic E-state index is 10.5. The monoisotopic (exact) mass is 320 g/mol. The molecule has 0 amide bonds. The average Bonchev–Trinajstić information content (AvgIpc) is 2.40. The van der Waals surface area contributed by atoms with Crippen molar-refractivity contribution in [1.82, 2.24) is 0 Å². The lowest BCUT2D eigenvalue weighted by atomic mass is 10.5. The molecule has 4 N–H and O–H groups in total. The molecule has 0 bridgehead atoms. The Morgan fingerprint density at radius 1 is 0.842 bits per heavy atom. The molecular weight excluding hydrogens is 290 g/mol. The number of aliphatic hydroxyl groups is 2. The van der Waals surface area contributed by atoms with Crippen LogP contribution in [0, 0.1) is 0 Å². The molecule has 1 atom stereocenters. The molecular formula is C11H30O6P2. The first-order chi connectivity index (χ1) is 8.51. The van der Waals surface area contributed by atoms with Crippen LogP contribution in [0.1, 0.15) is 34.6 Å². The minimum absolute atomic E-state index is 0.139. The zero-order valence-corrected chi connectivity index (χ0v) is 14.4. The van der Waals surface area contributed by atoms with E-state index in [0.29, 0.717) is 24.6 Å². The fourth-order valence-corrected chi connectivity index (χ4v) is 1.34. The first-order valence-electron chi connectivity index (χ1n) is 6.42. The second-order valence-electron chi connectivity index (χ2n) is 3.99. The summed E-state index contributed by atoms with van der Waals surface area (Å²) in [7, 11) is -5.31. The third-order valence-electron chi connectivity index (χ3n) is 2.24. The molecule has 0 heterocycles. The summed E-state index contributed by atoms with van der Waals surface area (Å²) in [5.41, 5.74) is 0. The van der Waals surface area contributed by atoms with Gasteiger partial charge in [0.15, 0.2) is 14.7 Å².